The van der Waals surface area contributed by atoms with Crippen LogP contribution in [0.15, 0.2) is 30.3 Å². The number of hydrogen-bond donors (Lipinski definition) is 1. The second kappa shape index (κ2) is 7.21. The summed E-state index contributed by atoms with van der Waals surface area (Å²) in [5.74, 6) is 0.515. The van der Waals surface area contributed by atoms with Crippen LogP contribution in [-0.2, 0) is 0 Å². The van der Waals surface area contributed by atoms with Gasteiger partial charge in [-0.1, -0.05) is 11.6 Å². The highest BCUT2D eigenvalue weighted by Crippen LogP contribution is 2.37. The summed E-state index contributed by atoms with van der Waals surface area (Å²) < 4.78 is 0. The number of aryl methyl sites for hydroxylation is 2. The number of phenolic OH excluding ortho intramolecular Hbond substituents is 1. The summed E-state index contributed by atoms with van der Waals surface area (Å²) in [6, 6.07) is 11.4. The fourth-order valence-corrected chi connectivity index (χ4v) is 4.30. The molecule has 0 saturated carbocycles. The third kappa shape index (κ3) is 3.21. The Morgan fingerprint density at radius 2 is 2.00 bits per heavy atom. The van der Waals surface area contributed by atoms with E-state index >= 15 is 0 Å². The fourth-order valence-electron chi connectivity index (χ4n) is 4.30. The minimum atomic E-state index is 0.0533. The lowest BCUT2D eigenvalue weighted by Gasteiger charge is -2.30. The Morgan fingerprint density at radius 1 is 1.18 bits per heavy atom. The number of nitriles is 1. The topological polar surface area (TPSA) is 73.0 Å². The zero-order chi connectivity index (χ0) is 19.8. The predicted octanol–water partition coefficient (Wildman–Crippen LogP) is 4.30. The van der Waals surface area contributed by atoms with Crippen molar-refractivity contribution in [3.05, 3.63) is 52.6 Å². The monoisotopic (exact) mass is 372 g/mol. The van der Waals surface area contributed by atoms with Gasteiger partial charge in [0.25, 0.3) is 0 Å². The van der Waals surface area contributed by atoms with Gasteiger partial charge in [-0.05, 0) is 81.6 Å². The van der Waals surface area contributed by atoms with Crippen LogP contribution >= 0.6 is 0 Å². The van der Waals surface area contributed by atoms with E-state index in [9.17, 15) is 5.11 Å². The highest BCUT2D eigenvalue weighted by Gasteiger charge is 2.23. The molecule has 3 aromatic rings. The van der Waals surface area contributed by atoms with Crippen molar-refractivity contribution in [2.24, 2.45) is 0 Å². The molecule has 0 aliphatic carbocycles. The van der Waals surface area contributed by atoms with Gasteiger partial charge in [0.15, 0.2) is 0 Å². The third-order valence-electron chi connectivity index (χ3n) is 5.74. The Labute approximate surface area is 165 Å². The summed E-state index contributed by atoms with van der Waals surface area (Å²) in [5.41, 5.74) is 6.12. The lowest BCUT2D eigenvalue weighted by Crippen LogP contribution is -2.31. The van der Waals surface area contributed by atoms with Gasteiger partial charge in [0.05, 0.1) is 17.1 Å². The van der Waals surface area contributed by atoms with Crippen molar-refractivity contribution in [3.8, 4) is 23.1 Å². The Balaban J connectivity index is 1.87. The van der Waals surface area contributed by atoms with E-state index in [0.29, 0.717) is 22.7 Å². The smallest absolute Gasteiger partial charge is 0.126 e. The molecular formula is C23H24N4O. The minimum absolute atomic E-state index is 0.0533. The quantitative estimate of drug-likeness (QED) is 0.726. The van der Waals surface area contributed by atoms with Crippen molar-refractivity contribution < 1.29 is 5.11 Å². The fraction of sp³-hybridized carbons (Fsp3) is 0.348. The molecule has 0 amide bonds. The molecule has 1 saturated heterocycles. The van der Waals surface area contributed by atoms with Gasteiger partial charge < -0.3 is 10.0 Å². The average Bonchev–Trinajstić information content (AvgIpc) is 2.68. The molecule has 4 rings (SSSR count). The van der Waals surface area contributed by atoms with Gasteiger partial charge in [-0.2, -0.15) is 5.26 Å². The summed E-state index contributed by atoms with van der Waals surface area (Å²) in [5, 5.41) is 29.6. The number of rotatable bonds is 2. The second-order valence-corrected chi connectivity index (χ2v) is 7.87. The van der Waals surface area contributed by atoms with Gasteiger partial charge in [0.2, 0.25) is 0 Å². The summed E-state index contributed by atoms with van der Waals surface area (Å²) in [7, 11) is 2.17. The summed E-state index contributed by atoms with van der Waals surface area (Å²) in [6.07, 6.45) is 2.36. The van der Waals surface area contributed by atoms with E-state index in [0.717, 1.165) is 29.6 Å². The molecule has 5 heteroatoms. The molecule has 5 nitrogen and oxygen atoms in total. The normalized spacial score (nSPS) is 17.6. The molecule has 1 aliphatic rings. The standard InChI is InChI=1S/C23H24N4O/c1-14-9-19-15(2)22(18-7-6-16(12-24)11-21(18)28)25-26-23(19)20(10-14)17-5-4-8-27(3)13-17/h6-7,9-11,17,28H,4-5,8,13H2,1-3H3/t17-/m0/s1. The van der Waals surface area contributed by atoms with E-state index in [-0.39, 0.29) is 5.75 Å². The van der Waals surface area contributed by atoms with E-state index in [1.807, 2.05) is 13.0 Å². The SMILES string of the molecule is Cc1cc([C@H]2CCCN(C)C2)c2nnc(-c3ccc(C#N)cc3O)c(C)c2c1. The highest BCUT2D eigenvalue weighted by molar-refractivity contribution is 5.90. The number of piperidine rings is 1. The largest absolute Gasteiger partial charge is 0.507 e. The summed E-state index contributed by atoms with van der Waals surface area (Å²) in [4.78, 5) is 2.38. The number of benzene rings is 2. The first-order valence-electron chi connectivity index (χ1n) is 9.67. The average molecular weight is 372 g/mol. The lowest BCUT2D eigenvalue weighted by atomic mass is 9.87. The maximum atomic E-state index is 10.4. The maximum absolute atomic E-state index is 10.4. The van der Waals surface area contributed by atoms with E-state index in [4.69, 9.17) is 5.26 Å². The van der Waals surface area contributed by atoms with Crippen molar-refractivity contribution >= 4 is 10.9 Å². The number of hydrogen-bond acceptors (Lipinski definition) is 5. The molecule has 0 spiro atoms. The second-order valence-electron chi connectivity index (χ2n) is 7.87. The molecule has 1 aliphatic heterocycles. The van der Waals surface area contributed by atoms with E-state index in [2.05, 4.69) is 41.2 Å². The van der Waals surface area contributed by atoms with Gasteiger partial charge in [0, 0.05) is 17.5 Å². The Morgan fingerprint density at radius 3 is 2.71 bits per heavy atom. The van der Waals surface area contributed by atoms with Gasteiger partial charge in [-0.3, -0.25) is 0 Å². The minimum Gasteiger partial charge on any atom is -0.507 e. The molecular weight excluding hydrogens is 348 g/mol. The highest BCUT2D eigenvalue weighted by atomic mass is 16.3. The van der Waals surface area contributed by atoms with Crippen LogP contribution in [0, 0.1) is 25.2 Å². The first kappa shape index (κ1) is 18.4. The molecule has 142 valence electrons. The Hall–Kier alpha value is -2.97. The van der Waals surface area contributed by atoms with Gasteiger partial charge in [-0.15, -0.1) is 10.2 Å². The molecule has 2 aromatic carbocycles. The lowest BCUT2D eigenvalue weighted by molar-refractivity contribution is 0.251. The van der Waals surface area contributed by atoms with Crippen molar-refractivity contribution in [2.75, 3.05) is 20.1 Å². The van der Waals surface area contributed by atoms with E-state index in [1.165, 1.54) is 30.0 Å². The van der Waals surface area contributed by atoms with Gasteiger partial charge in [0.1, 0.15) is 11.4 Å². The molecule has 1 N–H and O–H groups in total. The molecule has 28 heavy (non-hydrogen) atoms. The van der Waals surface area contributed by atoms with Gasteiger partial charge in [-0.25, -0.2) is 0 Å². The molecule has 1 aromatic heterocycles. The van der Waals surface area contributed by atoms with Crippen LogP contribution in [0.2, 0.25) is 0 Å². The molecule has 1 fully saturated rings. The molecule has 0 bridgehead atoms. The molecule has 1 atom stereocenters. The molecule has 0 unspecified atom stereocenters. The Kier molecular flexibility index (Phi) is 4.74. The van der Waals surface area contributed by atoms with Crippen LogP contribution in [0.25, 0.3) is 22.2 Å². The van der Waals surface area contributed by atoms with Crippen molar-refractivity contribution in [1.82, 2.24) is 15.1 Å². The van der Waals surface area contributed by atoms with E-state index < -0.39 is 0 Å². The van der Waals surface area contributed by atoms with Crippen LogP contribution in [-0.4, -0.2) is 40.3 Å². The van der Waals surface area contributed by atoms with Crippen molar-refractivity contribution in [1.29, 1.82) is 5.26 Å². The first-order chi connectivity index (χ1) is 13.5. The third-order valence-corrected chi connectivity index (χ3v) is 5.74. The van der Waals surface area contributed by atoms with Gasteiger partial charge >= 0.3 is 0 Å². The number of aromatic hydroxyl groups is 1. The Bertz CT molecular complexity index is 1100. The van der Waals surface area contributed by atoms with Crippen LogP contribution in [0.3, 0.4) is 0 Å². The first-order valence-corrected chi connectivity index (χ1v) is 9.67. The molecule has 2 heterocycles. The van der Waals surface area contributed by atoms with Crippen molar-refractivity contribution in [3.63, 3.8) is 0 Å². The number of likely N-dealkylation sites (N-methyl/N-ethyl adjacent to an activating group) is 1. The zero-order valence-corrected chi connectivity index (χ0v) is 16.5. The number of nitrogens with zero attached hydrogens (tertiary/aromatic N) is 4. The number of fused-ring (bicyclic) bond motifs is 1. The number of phenols is 1. The van der Waals surface area contributed by atoms with Crippen LogP contribution in [0.1, 0.15) is 41.0 Å². The zero-order valence-electron chi connectivity index (χ0n) is 16.5. The molecule has 0 radical (unpaired) electrons. The van der Waals surface area contributed by atoms with Crippen LogP contribution in [0.5, 0.6) is 5.75 Å². The van der Waals surface area contributed by atoms with Crippen molar-refractivity contribution in [2.45, 2.75) is 32.6 Å². The van der Waals surface area contributed by atoms with E-state index in [1.54, 1.807) is 12.1 Å². The van der Waals surface area contributed by atoms with Crippen LogP contribution < -0.4 is 0 Å². The van der Waals surface area contributed by atoms with Crippen LogP contribution in [0.4, 0.5) is 0 Å². The number of likely N-dealkylation sites (tertiary alicyclic amines) is 1. The number of aromatic nitrogens is 2. The summed E-state index contributed by atoms with van der Waals surface area (Å²) >= 11 is 0. The predicted molar refractivity (Wildman–Crippen MR) is 110 cm³/mol. The summed E-state index contributed by atoms with van der Waals surface area (Å²) in [6.45, 7) is 6.33. The maximum Gasteiger partial charge on any atom is 0.126 e.